The number of piperidine rings is 1. The first-order valence-electron chi connectivity index (χ1n) is 8.23. The molecule has 0 bridgehead atoms. The van der Waals surface area contributed by atoms with Gasteiger partial charge in [0.25, 0.3) is 0 Å². The molecular formula is C16H23N5O3S. The molecule has 0 aliphatic carbocycles. The number of H-pyrrole nitrogens is 1. The predicted molar refractivity (Wildman–Crippen MR) is 96.2 cm³/mol. The van der Waals surface area contributed by atoms with Gasteiger partial charge in [-0.3, -0.25) is 4.79 Å². The molecule has 0 aromatic carbocycles. The van der Waals surface area contributed by atoms with E-state index in [1.54, 1.807) is 11.1 Å². The van der Waals surface area contributed by atoms with E-state index < -0.39 is 15.6 Å². The fraction of sp³-hybridized carbons (Fsp3) is 0.562. The Labute approximate surface area is 147 Å². The molecule has 3 rings (SSSR count). The van der Waals surface area contributed by atoms with Crippen molar-refractivity contribution in [3.05, 3.63) is 18.5 Å². The molecule has 2 unspecified atom stereocenters. The lowest BCUT2D eigenvalue weighted by atomic mass is 9.92. The Hall–Kier alpha value is -2.16. The first kappa shape index (κ1) is 17.7. The average Bonchev–Trinajstić information content (AvgIpc) is 3.00. The molecule has 0 radical (unpaired) electrons. The maximum atomic E-state index is 12.3. The summed E-state index contributed by atoms with van der Waals surface area (Å²) >= 11 is 0. The van der Waals surface area contributed by atoms with Crippen LogP contribution in [0, 0.1) is 5.92 Å². The SMILES string of the molecule is CC1CCN(C(=O)CS(C)(=O)=O)CC1N(C)c1ncc2cc[nH]c2n1. The fourth-order valence-electron chi connectivity index (χ4n) is 3.24. The number of carbonyl (C=O) groups is 1. The van der Waals surface area contributed by atoms with Crippen molar-refractivity contribution in [2.75, 3.05) is 37.0 Å². The second-order valence-electron chi connectivity index (χ2n) is 6.81. The van der Waals surface area contributed by atoms with E-state index >= 15 is 0 Å². The van der Waals surface area contributed by atoms with Gasteiger partial charge < -0.3 is 14.8 Å². The summed E-state index contributed by atoms with van der Waals surface area (Å²) in [4.78, 5) is 27.9. The number of nitrogens with one attached hydrogen (secondary N) is 1. The van der Waals surface area contributed by atoms with Gasteiger partial charge in [-0.1, -0.05) is 6.92 Å². The third-order valence-electron chi connectivity index (χ3n) is 4.76. The topological polar surface area (TPSA) is 99.3 Å². The Morgan fingerprint density at radius 2 is 2.24 bits per heavy atom. The van der Waals surface area contributed by atoms with Crippen LogP contribution in [0.2, 0.25) is 0 Å². The average molecular weight is 365 g/mol. The highest BCUT2D eigenvalue weighted by Crippen LogP contribution is 2.24. The summed E-state index contributed by atoms with van der Waals surface area (Å²) in [6, 6.07) is 1.94. The second kappa shape index (κ2) is 6.62. The zero-order chi connectivity index (χ0) is 18.2. The quantitative estimate of drug-likeness (QED) is 0.855. The van der Waals surface area contributed by atoms with Gasteiger partial charge in [-0.2, -0.15) is 4.98 Å². The zero-order valence-electron chi connectivity index (χ0n) is 14.6. The minimum absolute atomic E-state index is 0.0321. The van der Waals surface area contributed by atoms with Gasteiger partial charge in [-0.05, 0) is 18.4 Å². The van der Waals surface area contributed by atoms with Gasteiger partial charge >= 0.3 is 0 Å². The lowest BCUT2D eigenvalue weighted by Crippen LogP contribution is -2.53. The number of fused-ring (bicyclic) bond motifs is 1. The number of sulfone groups is 1. The molecule has 1 aliphatic heterocycles. The molecule has 3 heterocycles. The van der Waals surface area contributed by atoms with Crippen LogP contribution >= 0.6 is 0 Å². The van der Waals surface area contributed by atoms with Crippen molar-refractivity contribution in [2.45, 2.75) is 19.4 Å². The molecule has 2 aromatic heterocycles. The largest absolute Gasteiger partial charge is 0.346 e. The number of aromatic amines is 1. The summed E-state index contributed by atoms with van der Waals surface area (Å²) in [5.41, 5.74) is 0.769. The highest BCUT2D eigenvalue weighted by atomic mass is 32.2. The summed E-state index contributed by atoms with van der Waals surface area (Å²) < 4.78 is 22.8. The number of nitrogens with zero attached hydrogens (tertiary/aromatic N) is 4. The highest BCUT2D eigenvalue weighted by molar-refractivity contribution is 7.91. The highest BCUT2D eigenvalue weighted by Gasteiger charge is 2.33. The van der Waals surface area contributed by atoms with E-state index in [1.165, 1.54) is 0 Å². The van der Waals surface area contributed by atoms with E-state index in [4.69, 9.17) is 0 Å². The first-order chi connectivity index (χ1) is 11.7. The van der Waals surface area contributed by atoms with E-state index in [1.807, 2.05) is 24.2 Å². The van der Waals surface area contributed by atoms with Crippen molar-refractivity contribution in [1.29, 1.82) is 0 Å². The number of aromatic nitrogens is 3. The summed E-state index contributed by atoms with van der Waals surface area (Å²) in [5.74, 6) is 0.149. The van der Waals surface area contributed by atoms with Crippen LogP contribution in [0.15, 0.2) is 18.5 Å². The van der Waals surface area contributed by atoms with Crippen molar-refractivity contribution < 1.29 is 13.2 Å². The van der Waals surface area contributed by atoms with Gasteiger partial charge in [0.15, 0.2) is 9.84 Å². The predicted octanol–water partition coefficient (Wildman–Crippen LogP) is 0.676. The van der Waals surface area contributed by atoms with Crippen LogP contribution in [0.1, 0.15) is 13.3 Å². The Morgan fingerprint density at radius 1 is 1.48 bits per heavy atom. The van der Waals surface area contributed by atoms with Gasteiger partial charge in [-0.25, -0.2) is 13.4 Å². The minimum Gasteiger partial charge on any atom is -0.346 e. The van der Waals surface area contributed by atoms with E-state index in [0.29, 0.717) is 25.0 Å². The van der Waals surface area contributed by atoms with Crippen LogP contribution in [0.5, 0.6) is 0 Å². The van der Waals surface area contributed by atoms with Crippen LogP contribution in [-0.4, -0.2) is 72.4 Å². The number of hydrogen-bond acceptors (Lipinski definition) is 6. The summed E-state index contributed by atoms with van der Waals surface area (Å²) in [5, 5.41) is 0.943. The zero-order valence-corrected chi connectivity index (χ0v) is 15.5. The van der Waals surface area contributed by atoms with Crippen LogP contribution in [0.3, 0.4) is 0 Å². The van der Waals surface area contributed by atoms with Gasteiger partial charge in [0, 0.05) is 44.2 Å². The smallest absolute Gasteiger partial charge is 0.237 e. The molecule has 2 atom stereocenters. The van der Waals surface area contributed by atoms with E-state index in [9.17, 15) is 13.2 Å². The van der Waals surface area contributed by atoms with Gasteiger partial charge in [0.05, 0.1) is 6.04 Å². The summed E-state index contributed by atoms with van der Waals surface area (Å²) in [7, 11) is -1.42. The third-order valence-corrected chi connectivity index (χ3v) is 5.53. The molecule has 1 aliphatic rings. The number of carbonyl (C=O) groups excluding carboxylic acids is 1. The number of amides is 1. The molecule has 0 spiro atoms. The van der Waals surface area contributed by atoms with Crippen LogP contribution in [0.4, 0.5) is 5.95 Å². The Balaban J connectivity index is 1.77. The van der Waals surface area contributed by atoms with Crippen molar-refractivity contribution >= 4 is 32.7 Å². The van der Waals surface area contributed by atoms with Crippen molar-refractivity contribution in [1.82, 2.24) is 19.9 Å². The minimum atomic E-state index is -3.33. The maximum Gasteiger partial charge on any atom is 0.237 e. The number of likely N-dealkylation sites (tertiary alicyclic amines) is 1. The normalized spacial score (nSPS) is 21.5. The molecular weight excluding hydrogens is 342 g/mol. The number of rotatable bonds is 4. The third kappa shape index (κ3) is 3.92. The fourth-order valence-corrected chi connectivity index (χ4v) is 3.87. The monoisotopic (exact) mass is 365 g/mol. The van der Waals surface area contributed by atoms with Crippen molar-refractivity contribution in [2.24, 2.45) is 5.92 Å². The maximum absolute atomic E-state index is 12.3. The standard InChI is InChI=1S/C16H23N5O3S/c1-11-5-7-21(14(22)10-25(3,23)24)9-13(11)20(2)16-18-8-12-4-6-17-15(12)19-16/h4,6,8,11,13H,5,7,9-10H2,1-3H3,(H,17,18,19). The summed E-state index contributed by atoms with van der Waals surface area (Å²) in [6.45, 7) is 3.18. The Kier molecular flexibility index (Phi) is 4.68. The van der Waals surface area contributed by atoms with Crippen LogP contribution in [-0.2, 0) is 14.6 Å². The molecule has 25 heavy (non-hydrogen) atoms. The van der Waals surface area contributed by atoms with Gasteiger partial charge in [0.2, 0.25) is 11.9 Å². The van der Waals surface area contributed by atoms with E-state index in [-0.39, 0.29) is 11.9 Å². The molecule has 2 aromatic rings. The van der Waals surface area contributed by atoms with E-state index in [2.05, 4.69) is 21.9 Å². The second-order valence-corrected chi connectivity index (χ2v) is 8.95. The van der Waals surface area contributed by atoms with Crippen LogP contribution in [0.25, 0.3) is 11.0 Å². The lowest BCUT2D eigenvalue weighted by Gasteiger charge is -2.41. The molecule has 9 heteroatoms. The molecule has 1 amide bonds. The van der Waals surface area contributed by atoms with Crippen molar-refractivity contribution in [3.8, 4) is 0 Å². The molecule has 1 fully saturated rings. The molecule has 1 saturated heterocycles. The molecule has 136 valence electrons. The molecule has 0 saturated carbocycles. The lowest BCUT2D eigenvalue weighted by molar-refractivity contribution is -0.130. The van der Waals surface area contributed by atoms with Crippen molar-refractivity contribution in [3.63, 3.8) is 0 Å². The van der Waals surface area contributed by atoms with Crippen LogP contribution < -0.4 is 4.90 Å². The number of hydrogen-bond donors (Lipinski definition) is 1. The number of anilines is 1. The molecule has 1 N–H and O–H groups in total. The Morgan fingerprint density at radius 3 is 2.96 bits per heavy atom. The van der Waals surface area contributed by atoms with Gasteiger partial charge in [0.1, 0.15) is 11.4 Å². The van der Waals surface area contributed by atoms with Gasteiger partial charge in [-0.15, -0.1) is 0 Å². The summed E-state index contributed by atoms with van der Waals surface area (Å²) in [6.07, 6.45) is 5.48. The Bertz CT molecular complexity index is 879. The van der Waals surface area contributed by atoms with E-state index in [0.717, 1.165) is 23.7 Å². The first-order valence-corrected chi connectivity index (χ1v) is 10.3. The molecule has 8 nitrogen and oxygen atoms in total. The number of likely N-dealkylation sites (N-methyl/N-ethyl adjacent to an activating group) is 1.